The molecule has 8 nitrogen and oxygen atoms in total. The number of amides is 2. The van der Waals surface area contributed by atoms with E-state index in [1.807, 2.05) is 81.6 Å². The van der Waals surface area contributed by atoms with Crippen LogP contribution in [0.15, 0.2) is 113 Å². The molecule has 0 heterocycles. The summed E-state index contributed by atoms with van der Waals surface area (Å²) in [5.74, 6) is -0.470. The number of carbonyl (C=O) groups excluding carboxylic acids is 2. The summed E-state index contributed by atoms with van der Waals surface area (Å²) in [7, 11) is -4.25. The van der Waals surface area contributed by atoms with Gasteiger partial charge >= 0.3 is 0 Å². The van der Waals surface area contributed by atoms with Crippen LogP contribution in [0, 0.1) is 6.92 Å². The van der Waals surface area contributed by atoms with Gasteiger partial charge in [0, 0.05) is 24.4 Å². The van der Waals surface area contributed by atoms with Crippen molar-refractivity contribution in [3.05, 3.63) is 120 Å². The Kier molecular flexibility index (Phi) is 13.5. The third-order valence-electron chi connectivity index (χ3n) is 7.93. The summed E-state index contributed by atoms with van der Waals surface area (Å²) in [5, 5.41) is 3.03. The van der Waals surface area contributed by atoms with Crippen molar-refractivity contribution >= 4 is 39.3 Å². The lowest BCUT2D eigenvalue weighted by Gasteiger charge is -2.34. The Bertz CT molecular complexity index is 1730. The number of ether oxygens (including phenoxy) is 1. The first-order valence-electron chi connectivity index (χ1n) is 16.2. The van der Waals surface area contributed by atoms with E-state index >= 15 is 0 Å². The third-order valence-corrected chi connectivity index (χ3v) is 10.5. The minimum Gasteiger partial charge on any atom is -0.492 e. The highest BCUT2D eigenvalue weighted by Crippen LogP contribution is 2.33. The van der Waals surface area contributed by atoms with Crippen LogP contribution in [-0.2, 0) is 32.6 Å². The highest BCUT2D eigenvalue weighted by Gasteiger charge is 2.35. The third kappa shape index (κ3) is 9.64. The van der Waals surface area contributed by atoms with Gasteiger partial charge in [0.05, 0.1) is 17.2 Å². The quantitative estimate of drug-likeness (QED) is 0.0962. The molecule has 0 aromatic heterocycles. The van der Waals surface area contributed by atoms with Gasteiger partial charge in [-0.15, -0.1) is 11.8 Å². The van der Waals surface area contributed by atoms with Crippen molar-refractivity contribution in [1.29, 1.82) is 0 Å². The summed E-state index contributed by atoms with van der Waals surface area (Å²) in [6.07, 6.45) is 3.87. The largest absolute Gasteiger partial charge is 0.492 e. The molecule has 4 aromatic rings. The number of nitrogens with one attached hydrogen (secondary N) is 1. The Morgan fingerprint density at radius 1 is 0.854 bits per heavy atom. The summed E-state index contributed by atoms with van der Waals surface area (Å²) in [6, 6.07) is 29.8. The zero-order chi connectivity index (χ0) is 34.5. The maximum absolute atomic E-state index is 14.7. The number of benzene rings is 4. The maximum Gasteiger partial charge on any atom is 0.264 e. The van der Waals surface area contributed by atoms with Crippen LogP contribution in [0.5, 0.6) is 5.75 Å². The number of hydrogen-bond donors (Lipinski definition) is 1. The zero-order valence-corrected chi connectivity index (χ0v) is 29.7. The number of carbonyl (C=O) groups is 2. The van der Waals surface area contributed by atoms with E-state index in [1.54, 1.807) is 48.5 Å². The number of rotatable bonds is 17. The van der Waals surface area contributed by atoms with Gasteiger partial charge in [-0.25, -0.2) is 8.42 Å². The van der Waals surface area contributed by atoms with Crippen LogP contribution in [0.3, 0.4) is 0 Å². The Morgan fingerprint density at radius 2 is 1.52 bits per heavy atom. The lowest BCUT2D eigenvalue weighted by atomic mass is 10.0. The second kappa shape index (κ2) is 17.8. The molecule has 0 fully saturated rings. The predicted octanol–water partition coefficient (Wildman–Crippen LogP) is 6.87. The Hall–Kier alpha value is -4.28. The van der Waals surface area contributed by atoms with Crippen LogP contribution in [0.2, 0.25) is 0 Å². The number of thioether (sulfide) groups is 1. The molecule has 254 valence electrons. The smallest absolute Gasteiger partial charge is 0.264 e. The van der Waals surface area contributed by atoms with E-state index in [-0.39, 0.29) is 29.5 Å². The molecule has 0 saturated carbocycles. The van der Waals surface area contributed by atoms with Crippen LogP contribution in [0.1, 0.15) is 43.4 Å². The topological polar surface area (TPSA) is 96.0 Å². The summed E-state index contributed by atoms with van der Waals surface area (Å²) < 4.78 is 35.8. The fourth-order valence-corrected chi connectivity index (χ4v) is 7.11. The molecule has 0 aliphatic carbocycles. The minimum absolute atomic E-state index is 0.0441. The van der Waals surface area contributed by atoms with E-state index in [9.17, 15) is 18.0 Å². The molecule has 0 unspecified atom stereocenters. The Labute approximate surface area is 289 Å². The van der Waals surface area contributed by atoms with Gasteiger partial charge in [-0.05, 0) is 74.0 Å². The zero-order valence-electron chi connectivity index (χ0n) is 28.1. The minimum atomic E-state index is -4.25. The van der Waals surface area contributed by atoms with Gasteiger partial charge in [-0.2, -0.15) is 0 Å². The van der Waals surface area contributed by atoms with Crippen LogP contribution >= 0.6 is 11.8 Å². The SMILES string of the molecule is CCCCNC(=O)[C@@H](Cc1ccccc1)N(Cc1ccc(C)cc1)C(=O)CN(c1ccccc1OCC)S(=O)(=O)c1ccc(SC)cc1. The maximum atomic E-state index is 14.7. The molecule has 10 heteroatoms. The molecule has 1 atom stereocenters. The number of sulfonamides is 1. The molecule has 1 N–H and O–H groups in total. The van der Waals surface area contributed by atoms with E-state index in [0.717, 1.165) is 38.7 Å². The number of unbranched alkanes of at least 4 members (excludes halogenated alkanes) is 1. The van der Waals surface area contributed by atoms with Crippen molar-refractivity contribution in [2.75, 3.05) is 30.3 Å². The van der Waals surface area contributed by atoms with Gasteiger partial charge < -0.3 is 15.0 Å². The molecule has 2 amide bonds. The summed E-state index contributed by atoms with van der Waals surface area (Å²) >= 11 is 1.50. The summed E-state index contributed by atoms with van der Waals surface area (Å²) in [4.78, 5) is 31.1. The molecule has 4 rings (SSSR count). The van der Waals surface area contributed by atoms with Crippen LogP contribution < -0.4 is 14.4 Å². The average molecular weight is 688 g/mol. The molecular weight excluding hydrogens is 643 g/mol. The molecule has 0 aliphatic rings. The van der Waals surface area contributed by atoms with Crippen molar-refractivity contribution in [1.82, 2.24) is 10.2 Å². The summed E-state index contributed by atoms with van der Waals surface area (Å²) in [5.41, 5.74) is 3.01. The van der Waals surface area contributed by atoms with Crippen LogP contribution in [0.25, 0.3) is 0 Å². The van der Waals surface area contributed by atoms with Gasteiger partial charge in [0.15, 0.2) is 0 Å². The van der Waals surface area contributed by atoms with Crippen molar-refractivity contribution < 1.29 is 22.7 Å². The van der Waals surface area contributed by atoms with Gasteiger partial charge in [0.25, 0.3) is 10.0 Å². The number of hydrogen-bond acceptors (Lipinski definition) is 6. The van der Waals surface area contributed by atoms with Gasteiger partial charge in [0.2, 0.25) is 11.8 Å². The first kappa shape index (κ1) is 36.6. The standard InChI is InChI=1S/C38H45N3O5S2/c1-5-7-25-39-38(43)35(26-30-13-9-8-10-14-30)40(27-31-19-17-29(3)18-20-31)37(42)28-41(34-15-11-12-16-36(34)46-6-2)48(44,45)33-23-21-32(47-4)22-24-33/h8-24,35H,5-7,25-28H2,1-4H3,(H,39,43)/t35-/m1/s1. The van der Waals surface area contributed by atoms with Gasteiger partial charge in [-0.3, -0.25) is 13.9 Å². The van der Waals surface area contributed by atoms with Crippen molar-refractivity contribution in [3.63, 3.8) is 0 Å². The number of para-hydroxylation sites is 2. The highest BCUT2D eigenvalue weighted by molar-refractivity contribution is 7.98. The Morgan fingerprint density at radius 3 is 2.17 bits per heavy atom. The summed E-state index contributed by atoms with van der Waals surface area (Å²) in [6.45, 7) is 6.19. The monoisotopic (exact) mass is 687 g/mol. The average Bonchev–Trinajstić information content (AvgIpc) is 3.10. The second-order valence-electron chi connectivity index (χ2n) is 11.4. The van der Waals surface area contributed by atoms with E-state index in [0.29, 0.717) is 18.9 Å². The molecular formula is C38H45N3O5S2. The fourth-order valence-electron chi connectivity index (χ4n) is 5.28. The lowest BCUT2D eigenvalue weighted by Crippen LogP contribution is -2.53. The van der Waals surface area contributed by atoms with E-state index in [1.165, 1.54) is 16.7 Å². The fraction of sp³-hybridized carbons (Fsp3) is 0.316. The number of aryl methyl sites for hydroxylation is 1. The van der Waals surface area contributed by atoms with Crippen LogP contribution in [0.4, 0.5) is 5.69 Å². The van der Waals surface area contributed by atoms with E-state index in [2.05, 4.69) is 5.32 Å². The molecule has 0 bridgehead atoms. The normalized spacial score (nSPS) is 11.8. The molecule has 0 saturated heterocycles. The van der Waals surface area contributed by atoms with Crippen molar-refractivity contribution in [2.45, 2.75) is 62.4 Å². The first-order valence-corrected chi connectivity index (χ1v) is 18.9. The van der Waals surface area contributed by atoms with Crippen molar-refractivity contribution in [2.24, 2.45) is 0 Å². The van der Waals surface area contributed by atoms with Gasteiger partial charge in [0.1, 0.15) is 18.3 Å². The van der Waals surface area contributed by atoms with Crippen LogP contribution in [-0.4, -0.2) is 57.1 Å². The second-order valence-corrected chi connectivity index (χ2v) is 14.2. The molecule has 0 aliphatic heterocycles. The van der Waals surface area contributed by atoms with E-state index in [4.69, 9.17) is 4.74 Å². The first-order chi connectivity index (χ1) is 23.2. The molecule has 0 radical (unpaired) electrons. The highest BCUT2D eigenvalue weighted by atomic mass is 32.2. The molecule has 0 spiro atoms. The predicted molar refractivity (Wildman–Crippen MR) is 194 cm³/mol. The van der Waals surface area contributed by atoms with E-state index < -0.39 is 28.5 Å². The molecule has 48 heavy (non-hydrogen) atoms. The molecule has 4 aromatic carbocycles. The Balaban J connectivity index is 1.82. The number of nitrogens with zero attached hydrogens (tertiary/aromatic N) is 2. The lowest BCUT2D eigenvalue weighted by molar-refractivity contribution is -0.140. The van der Waals surface area contributed by atoms with Gasteiger partial charge in [-0.1, -0.05) is 85.6 Å². The van der Waals surface area contributed by atoms with Crippen molar-refractivity contribution in [3.8, 4) is 5.75 Å². The number of anilines is 1.